The van der Waals surface area contributed by atoms with E-state index in [1.54, 1.807) is 21.7 Å². The number of fused-ring (bicyclic) bond motifs is 2. The molecule has 0 bridgehead atoms. The van der Waals surface area contributed by atoms with Gasteiger partial charge in [0.25, 0.3) is 5.88 Å². The van der Waals surface area contributed by atoms with Gasteiger partial charge in [-0.2, -0.15) is 4.98 Å². The van der Waals surface area contributed by atoms with Crippen molar-refractivity contribution in [3.63, 3.8) is 0 Å². The minimum absolute atomic E-state index is 0.184. The van der Waals surface area contributed by atoms with Gasteiger partial charge in [-0.05, 0) is 25.8 Å². The molecule has 2 aliphatic heterocycles. The number of esters is 1. The Hall–Kier alpha value is -3.93. The lowest BCUT2D eigenvalue weighted by atomic mass is 10.1. The first-order valence-electron chi connectivity index (χ1n) is 11.6. The predicted molar refractivity (Wildman–Crippen MR) is 126 cm³/mol. The normalized spacial score (nSPS) is 20.2. The van der Waals surface area contributed by atoms with E-state index in [0.29, 0.717) is 29.6 Å². The molecule has 1 aliphatic carbocycles. The average molecular weight is 479 g/mol. The number of ether oxygens (including phenoxy) is 2. The van der Waals surface area contributed by atoms with Crippen LogP contribution in [0.15, 0.2) is 24.7 Å². The SMILES string of the molecule is COc1nc(N2c3nccc(N4CCNC5(CC5)C4)c3CC2OC(=O)C(N)=O)cn2cc(C)nc12. The van der Waals surface area contributed by atoms with Crippen LogP contribution in [0.1, 0.15) is 24.1 Å². The molecular formula is C23H26N8O4. The summed E-state index contributed by atoms with van der Waals surface area (Å²) in [5, 5.41) is 3.63. The average Bonchev–Trinajstić information content (AvgIpc) is 3.30. The highest BCUT2D eigenvalue weighted by molar-refractivity contribution is 6.31. The van der Waals surface area contributed by atoms with E-state index in [1.807, 2.05) is 19.2 Å². The summed E-state index contributed by atoms with van der Waals surface area (Å²) in [6.07, 6.45) is 7.18. The molecule has 6 rings (SSSR count). The number of rotatable bonds is 4. The van der Waals surface area contributed by atoms with Crippen LogP contribution in [0.2, 0.25) is 0 Å². The van der Waals surface area contributed by atoms with Gasteiger partial charge in [0.1, 0.15) is 5.82 Å². The molecule has 12 heteroatoms. The maximum atomic E-state index is 12.2. The van der Waals surface area contributed by atoms with Crippen LogP contribution in [0.5, 0.6) is 5.88 Å². The van der Waals surface area contributed by atoms with Gasteiger partial charge in [0.05, 0.1) is 19.0 Å². The topological polar surface area (TPSA) is 140 Å². The van der Waals surface area contributed by atoms with E-state index < -0.39 is 18.1 Å². The second-order valence-corrected chi connectivity index (χ2v) is 9.28. The molecule has 182 valence electrons. The fourth-order valence-corrected chi connectivity index (χ4v) is 5.09. The van der Waals surface area contributed by atoms with Gasteiger partial charge in [-0.15, -0.1) is 0 Å². The second kappa shape index (κ2) is 7.80. The highest BCUT2D eigenvalue weighted by atomic mass is 16.6. The van der Waals surface area contributed by atoms with E-state index in [0.717, 1.165) is 49.4 Å². The first-order valence-corrected chi connectivity index (χ1v) is 11.6. The molecule has 1 saturated heterocycles. The summed E-state index contributed by atoms with van der Waals surface area (Å²) >= 11 is 0. The van der Waals surface area contributed by atoms with E-state index in [4.69, 9.17) is 15.2 Å². The molecule has 0 radical (unpaired) electrons. The third kappa shape index (κ3) is 3.60. The number of anilines is 3. The monoisotopic (exact) mass is 478 g/mol. The van der Waals surface area contributed by atoms with Crippen molar-refractivity contribution in [2.24, 2.45) is 5.73 Å². The maximum Gasteiger partial charge on any atom is 0.398 e. The summed E-state index contributed by atoms with van der Waals surface area (Å²) in [7, 11) is 1.52. The number of aryl methyl sites for hydroxylation is 1. The highest BCUT2D eigenvalue weighted by Gasteiger charge is 2.47. The molecule has 3 aromatic heterocycles. The van der Waals surface area contributed by atoms with Crippen LogP contribution in [0.3, 0.4) is 0 Å². The van der Waals surface area contributed by atoms with Crippen LogP contribution < -0.4 is 25.6 Å². The van der Waals surface area contributed by atoms with Gasteiger partial charge in [-0.1, -0.05) is 0 Å². The lowest BCUT2D eigenvalue weighted by molar-refractivity contribution is -0.157. The number of piperazine rings is 1. The number of nitrogens with two attached hydrogens (primary N) is 1. The molecule has 3 aromatic rings. The molecule has 1 atom stereocenters. The number of hydrogen-bond acceptors (Lipinski definition) is 10. The molecule has 1 saturated carbocycles. The van der Waals surface area contributed by atoms with Crippen molar-refractivity contribution in [2.75, 3.05) is 36.5 Å². The first-order chi connectivity index (χ1) is 16.9. The van der Waals surface area contributed by atoms with E-state index in [2.05, 4.69) is 25.2 Å². The summed E-state index contributed by atoms with van der Waals surface area (Å²) in [6.45, 7) is 4.54. The number of imidazole rings is 1. The summed E-state index contributed by atoms with van der Waals surface area (Å²) in [5.41, 5.74) is 8.71. The molecule has 5 heterocycles. The Morgan fingerprint density at radius 1 is 1.26 bits per heavy atom. The Balaban J connectivity index is 1.45. The van der Waals surface area contributed by atoms with Gasteiger partial charge in [0.2, 0.25) is 5.65 Å². The van der Waals surface area contributed by atoms with Crippen molar-refractivity contribution in [1.82, 2.24) is 24.7 Å². The maximum absolute atomic E-state index is 12.2. The van der Waals surface area contributed by atoms with Crippen LogP contribution >= 0.6 is 0 Å². The Kier molecular flexibility index (Phi) is 4.81. The third-order valence-corrected chi connectivity index (χ3v) is 6.87. The van der Waals surface area contributed by atoms with Gasteiger partial charge in [-0.3, -0.25) is 14.1 Å². The van der Waals surface area contributed by atoms with Crippen molar-refractivity contribution < 1.29 is 19.1 Å². The van der Waals surface area contributed by atoms with Crippen molar-refractivity contribution in [2.45, 2.75) is 38.0 Å². The molecule has 35 heavy (non-hydrogen) atoms. The molecule has 1 amide bonds. The van der Waals surface area contributed by atoms with Crippen LogP contribution in [0.4, 0.5) is 17.3 Å². The zero-order chi connectivity index (χ0) is 24.3. The fourth-order valence-electron chi connectivity index (χ4n) is 5.09. The standard InChI is InChI=1S/C23H26N8O4/c1-13-10-30-11-16(28-21(34-2)20(30)27-13)31-17(35-22(33)18(24)32)9-14-15(3-6-25-19(14)31)29-8-7-26-23(12-29)4-5-23/h3,6,10-11,17,26H,4-5,7-9,12H2,1-2H3,(H2,24,32). The number of amides is 1. The largest absolute Gasteiger partial charge is 0.478 e. The molecule has 2 fully saturated rings. The van der Waals surface area contributed by atoms with Gasteiger partial charge >= 0.3 is 11.9 Å². The third-order valence-electron chi connectivity index (χ3n) is 6.87. The zero-order valence-corrected chi connectivity index (χ0v) is 19.5. The zero-order valence-electron chi connectivity index (χ0n) is 19.5. The molecule has 1 unspecified atom stereocenters. The molecule has 1 spiro atoms. The number of nitrogens with one attached hydrogen (secondary N) is 1. The number of hydrogen-bond donors (Lipinski definition) is 2. The molecule has 3 aliphatic rings. The Morgan fingerprint density at radius 3 is 2.83 bits per heavy atom. The summed E-state index contributed by atoms with van der Waals surface area (Å²) in [5.74, 6) is -0.897. The molecular weight excluding hydrogens is 452 g/mol. The first kappa shape index (κ1) is 21.6. The van der Waals surface area contributed by atoms with Crippen LogP contribution in [0.25, 0.3) is 5.65 Å². The number of methoxy groups -OCH3 is 1. The van der Waals surface area contributed by atoms with Crippen LogP contribution in [-0.2, 0) is 20.7 Å². The van der Waals surface area contributed by atoms with Crippen molar-refractivity contribution in [3.8, 4) is 5.88 Å². The van der Waals surface area contributed by atoms with Crippen molar-refractivity contribution in [3.05, 3.63) is 35.9 Å². The van der Waals surface area contributed by atoms with Crippen molar-refractivity contribution >= 4 is 34.8 Å². The molecule has 0 aromatic carbocycles. The van der Waals surface area contributed by atoms with E-state index >= 15 is 0 Å². The Labute approximate surface area is 201 Å². The van der Waals surface area contributed by atoms with Gasteiger partial charge in [-0.25, -0.2) is 14.8 Å². The number of aromatic nitrogens is 4. The number of nitrogens with zero attached hydrogens (tertiary/aromatic N) is 6. The number of carbonyl (C=O) groups excluding carboxylic acids is 2. The lowest BCUT2D eigenvalue weighted by Crippen LogP contribution is -2.52. The van der Waals surface area contributed by atoms with Gasteiger partial charge in [0, 0.05) is 55.2 Å². The fraction of sp³-hybridized carbons (Fsp3) is 0.435. The molecule has 3 N–H and O–H groups in total. The van der Waals surface area contributed by atoms with E-state index in [1.165, 1.54) is 7.11 Å². The minimum Gasteiger partial charge on any atom is -0.478 e. The number of pyridine rings is 1. The highest BCUT2D eigenvalue weighted by Crippen LogP contribution is 2.44. The quantitative estimate of drug-likeness (QED) is 0.401. The summed E-state index contributed by atoms with van der Waals surface area (Å²) in [6, 6.07) is 1.99. The summed E-state index contributed by atoms with van der Waals surface area (Å²) < 4.78 is 12.8. The summed E-state index contributed by atoms with van der Waals surface area (Å²) in [4.78, 5) is 41.6. The van der Waals surface area contributed by atoms with Crippen LogP contribution in [0, 0.1) is 6.92 Å². The number of carbonyl (C=O) groups is 2. The van der Waals surface area contributed by atoms with Gasteiger partial charge < -0.3 is 25.4 Å². The van der Waals surface area contributed by atoms with Crippen LogP contribution in [-0.4, -0.2) is 69.7 Å². The van der Waals surface area contributed by atoms with Crippen molar-refractivity contribution in [1.29, 1.82) is 0 Å². The van der Waals surface area contributed by atoms with E-state index in [-0.39, 0.29) is 5.54 Å². The van der Waals surface area contributed by atoms with E-state index in [9.17, 15) is 9.59 Å². The lowest BCUT2D eigenvalue weighted by Gasteiger charge is -2.36. The smallest absolute Gasteiger partial charge is 0.398 e. The number of primary amides is 1. The molecule has 12 nitrogen and oxygen atoms in total. The minimum atomic E-state index is -1.15. The van der Waals surface area contributed by atoms with Gasteiger partial charge in [0.15, 0.2) is 12.0 Å². The Bertz CT molecular complexity index is 1350. The predicted octanol–water partition coefficient (Wildman–Crippen LogP) is 0.432. The Morgan fingerprint density at radius 2 is 2.09 bits per heavy atom. The second-order valence-electron chi connectivity index (χ2n) is 9.28.